The summed E-state index contributed by atoms with van der Waals surface area (Å²) < 4.78 is 0. The highest BCUT2D eigenvalue weighted by atomic mass is 16.4. The van der Waals surface area contributed by atoms with Crippen LogP contribution in [0.25, 0.3) is 0 Å². The van der Waals surface area contributed by atoms with Crippen molar-refractivity contribution in [2.24, 2.45) is 17.8 Å². The van der Waals surface area contributed by atoms with E-state index in [4.69, 9.17) is 0 Å². The summed E-state index contributed by atoms with van der Waals surface area (Å²) in [5, 5.41) is 12.3. The summed E-state index contributed by atoms with van der Waals surface area (Å²) in [4.78, 5) is 25.4. The van der Waals surface area contributed by atoms with Crippen molar-refractivity contribution in [3.05, 3.63) is 35.4 Å². The third-order valence-electron chi connectivity index (χ3n) is 4.89. The van der Waals surface area contributed by atoms with Crippen molar-refractivity contribution in [1.29, 1.82) is 0 Å². The van der Waals surface area contributed by atoms with Crippen LogP contribution < -0.4 is 5.32 Å². The van der Waals surface area contributed by atoms with Crippen molar-refractivity contribution in [2.75, 3.05) is 13.1 Å². The molecule has 0 aromatic heterocycles. The van der Waals surface area contributed by atoms with E-state index in [0.717, 1.165) is 24.0 Å². The minimum Gasteiger partial charge on any atom is -0.481 e. The van der Waals surface area contributed by atoms with Crippen LogP contribution in [0.1, 0.15) is 24.0 Å². The highest BCUT2D eigenvalue weighted by Crippen LogP contribution is 2.44. The number of hydrogen-bond acceptors (Lipinski definition) is 2. The fraction of sp³-hybridized carbons (Fsp3) is 0.529. The van der Waals surface area contributed by atoms with Crippen LogP contribution >= 0.6 is 0 Å². The normalized spacial score (nSPS) is 24.3. The number of nitrogens with zero attached hydrogens (tertiary/aromatic N) is 1. The van der Waals surface area contributed by atoms with Gasteiger partial charge in [-0.3, -0.25) is 4.79 Å². The van der Waals surface area contributed by atoms with Gasteiger partial charge in [0.1, 0.15) is 0 Å². The summed E-state index contributed by atoms with van der Waals surface area (Å²) >= 11 is 0. The van der Waals surface area contributed by atoms with Gasteiger partial charge in [-0.1, -0.05) is 24.3 Å². The van der Waals surface area contributed by atoms with Gasteiger partial charge >= 0.3 is 12.0 Å². The second kappa shape index (κ2) is 5.99. The smallest absolute Gasteiger partial charge is 0.317 e. The van der Waals surface area contributed by atoms with Crippen molar-refractivity contribution in [2.45, 2.75) is 26.3 Å². The van der Waals surface area contributed by atoms with E-state index in [2.05, 4.69) is 5.32 Å². The lowest BCUT2D eigenvalue weighted by atomic mass is 9.92. The van der Waals surface area contributed by atoms with Crippen LogP contribution in [0.4, 0.5) is 4.79 Å². The second-order valence-electron chi connectivity index (χ2n) is 6.44. The topological polar surface area (TPSA) is 69.6 Å². The molecule has 1 aliphatic heterocycles. The quantitative estimate of drug-likeness (QED) is 0.896. The maximum atomic E-state index is 12.3. The summed E-state index contributed by atoms with van der Waals surface area (Å²) in [5.74, 6) is -0.556. The van der Waals surface area contributed by atoms with Gasteiger partial charge in [-0.25, -0.2) is 4.79 Å². The van der Waals surface area contributed by atoms with Gasteiger partial charge in [0.05, 0.1) is 5.92 Å². The first-order valence-corrected chi connectivity index (χ1v) is 7.86. The molecule has 0 spiro atoms. The summed E-state index contributed by atoms with van der Waals surface area (Å²) in [6.45, 7) is 3.39. The predicted octanol–water partition coefficient (Wildman–Crippen LogP) is 2.25. The van der Waals surface area contributed by atoms with Crippen LogP contribution in [0.2, 0.25) is 0 Å². The lowest BCUT2D eigenvalue weighted by molar-refractivity contribution is -0.142. The molecule has 5 nitrogen and oxygen atoms in total. The van der Waals surface area contributed by atoms with Crippen molar-refractivity contribution in [1.82, 2.24) is 10.2 Å². The summed E-state index contributed by atoms with van der Waals surface area (Å²) in [6, 6.07) is 7.78. The molecular weight excluding hydrogens is 280 g/mol. The molecule has 0 radical (unpaired) electrons. The van der Waals surface area contributed by atoms with E-state index in [-0.39, 0.29) is 11.9 Å². The van der Waals surface area contributed by atoms with Crippen LogP contribution in [0.3, 0.4) is 0 Å². The van der Waals surface area contributed by atoms with Crippen molar-refractivity contribution in [3.8, 4) is 0 Å². The number of carboxylic acid groups (broad SMARTS) is 1. The third kappa shape index (κ3) is 3.08. The van der Waals surface area contributed by atoms with Gasteiger partial charge in [-0.05, 0) is 42.7 Å². The lowest BCUT2D eigenvalue weighted by Gasteiger charge is -2.17. The monoisotopic (exact) mass is 302 g/mol. The minimum atomic E-state index is -0.772. The molecule has 1 saturated heterocycles. The van der Waals surface area contributed by atoms with Gasteiger partial charge in [0.2, 0.25) is 0 Å². The molecule has 22 heavy (non-hydrogen) atoms. The van der Waals surface area contributed by atoms with E-state index < -0.39 is 11.9 Å². The molecule has 2 atom stereocenters. The molecule has 2 aliphatic rings. The van der Waals surface area contributed by atoms with Gasteiger partial charge in [0, 0.05) is 19.6 Å². The zero-order chi connectivity index (χ0) is 15.7. The number of carbonyl (C=O) groups is 2. The fourth-order valence-corrected chi connectivity index (χ4v) is 3.35. The van der Waals surface area contributed by atoms with Crippen molar-refractivity contribution in [3.63, 3.8) is 0 Å². The minimum absolute atomic E-state index is 0.127. The number of rotatable bonds is 4. The van der Waals surface area contributed by atoms with E-state index in [0.29, 0.717) is 25.6 Å². The maximum Gasteiger partial charge on any atom is 0.317 e. The molecule has 2 fully saturated rings. The molecule has 5 heteroatoms. The van der Waals surface area contributed by atoms with E-state index >= 15 is 0 Å². The number of nitrogens with one attached hydrogen (secondary N) is 1. The average Bonchev–Trinajstić information content (AvgIpc) is 3.24. The first kappa shape index (κ1) is 14.9. The van der Waals surface area contributed by atoms with Crippen LogP contribution in [-0.2, 0) is 11.3 Å². The Morgan fingerprint density at radius 1 is 1.27 bits per heavy atom. The van der Waals surface area contributed by atoms with Crippen LogP contribution in [0, 0.1) is 24.7 Å². The first-order chi connectivity index (χ1) is 10.6. The molecule has 0 bridgehead atoms. The predicted molar refractivity (Wildman–Crippen MR) is 82.3 cm³/mol. The van der Waals surface area contributed by atoms with E-state index in [1.807, 2.05) is 31.2 Å². The third-order valence-corrected chi connectivity index (χ3v) is 4.89. The average molecular weight is 302 g/mol. The van der Waals surface area contributed by atoms with E-state index in [1.165, 1.54) is 0 Å². The molecule has 1 heterocycles. The Morgan fingerprint density at radius 2 is 2.00 bits per heavy atom. The molecule has 118 valence electrons. The molecule has 3 rings (SSSR count). The number of carboxylic acids is 1. The van der Waals surface area contributed by atoms with Crippen LogP contribution in [0.5, 0.6) is 0 Å². The van der Waals surface area contributed by atoms with Gasteiger partial charge in [-0.2, -0.15) is 0 Å². The zero-order valence-corrected chi connectivity index (χ0v) is 12.8. The number of amides is 2. The largest absolute Gasteiger partial charge is 0.481 e. The lowest BCUT2D eigenvalue weighted by Crippen LogP contribution is -2.38. The molecule has 2 amide bonds. The van der Waals surface area contributed by atoms with Crippen molar-refractivity contribution < 1.29 is 14.7 Å². The second-order valence-corrected chi connectivity index (χ2v) is 6.44. The molecule has 1 saturated carbocycles. The SMILES string of the molecule is Cc1ccccc1CNC(=O)N1C[C@@H](C(=O)O)[C@H](C2CC2)C1. The Morgan fingerprint density at radius 3 is 2.64 bits per heavy atom. The fourth-order valence-electron chi connectivity index (χ4n) is 3.35. The van der Waals surface area contributed by atoms with Gasteiger partial charge in [0.25, 0.3) is 0 Å². The number of hydrogen-bond donors (Lipinski definition) is 2. The molecule has 1 aromatic carbocycles. The van der Waals surface area contributed by atoms with Crippen LogP contribution in [-0.4, -0.2) is 35.1 Å². The Hall–Kier alpha value is -2.04. The zero-order valence-electron chi connectivity index (χ0n) is 12.8. The Kier molecular flexibility index (Phi) is 4.05. The molecule has 1 aromatic rings. The maximum absolute atomic E-state index is 12.3. The number of aliphatic carboxylic acids is 1. The van der Waals surface area contributed by atoms with E-state index in [9.17, 15) is 14.7 Å². The standard InChI is InChI=1S/C17H22N2O3/c1-11-4-2-3-5-13(11)8-18-17(22)19-9-14(12-6-7-12)15(10-19)16(20)21/h2-5,12,14-15H,6-10H2,1H3,(H,18,22)(H,20,21)/t14-,15+/m0/s1. The molecule has 2 N–H and O–H groups in total. The number of carbonyl (C=O) groups excluding carboxylic acids is 1. The summed E-state index contributed by atoms with van der Waals surface area (Å²) in [6.07, 6.45) is 2.21. The molecule has 1 aliphatic carbocycles. The van der Waals surface area contributed by atoms with Crippen LogP contribution in [0.15, 0.2) is 24.3 Å². The first-order valence-electron chi connectivity index (χ1n) is 7.86. The Labute approximate surface area is 130 Å². The van der Waals surface area contributed by atoms with Gasteiger partial charge < -0.3 is 15.3 Å². The Balaban J connectivity index is 1.59. The van der Waals surface area contributed by atoms with Gasteiger partial charge in [0.15, 0.2) is 0 Å². The highest BCUT2D eigenvalue weighted by molar-refractivity contribution is 5.77. The van der Waals surface area contributed by atoms with Crippen molar-refractivity contribution >= 4 is 12.0 Å². The molecular formula is C17H22N2O3. The van der Waals surface area contributed by atoms with Gasteiger partial charge in [-0.15, -0.1) is 0 Å². The number of urea groups is 1. The number of benzene rings is 1. The van der Waals surface area contributed by atoms with E-state index in [1.54, 1.807) is 4.90 Å². The summed E-state index contributed by atoms with van der Waals surface area (Å²) in [5.41, 5.74) is 2.23. The summed E-state index contributed by atoms with van der Waals surface area (Å²) in [7, 11) is 0. The number of likely N-dealkylation sites (tertiary alicyclic amines) is 1. The molecule has 0 unspecified atom stereocenters. The number of aryl methyl sites for hydroxylation is 1. The highest BCUT2D eigenvalue weighted by Gasteiger charge is 2.46. The Bertz CT molecular complexity index is 583.